The number of aliphatic carboxylic acids is 1. The van der Waals surface area contributed by atoms with Crippen LogP contribution in [0.5, 0.6) is 0 Å². The van der Waals surface area contributed by atoms with E-state index in [0.29, 0.717) is 12.0 Å². The molecule has 0 rings (SSSR count). The van der Waals surface area contributed by atoms with Crippen molar-refractivity contribution in [1.29, 1.82) is 0 Å². The van der Waals surface area contributed by atoms with Gasteiger partial charge in [0.15, 0.2) is 0 Å². The maximum absolute atomic E-state index is 10.4. The number of carbonyl (C=O) groups is 1. The van der Waals surface area contributed by atoms with Crippen LogP contribution in [0.2, 0.25) is 0 Å². The van der Waals surface area contributed by atoms with Gasteiger partial charge in [-0.25, -0.2) is 4.79 Å². The Bertz CT molecular complexity index is 149. The smallest absolute Gasteiger partial charge is 0.334 e. The molecule has 0 amide bonds. The molecule has 0 aromatic rings. The summed E-state index contributed by atoms with van der Waals surface area (Å²) in [5.74, 6) is -0.889. The second-order valence-electron chi connectivity index (χ2n) is 2.29. The third kappa shape index (κ3) is 4.42. The Balaban J connectivity index is 3.90. The largest absolute Gasteiger partial charge is 0.504 e. The summed E-state index contributed by atoms with van der Waals surface area (Å²) in [5.41, 5.74) is 0.342. The van der Waals surface area contributed by atoms with Gasteiger partial charge < -0.3 is 9.84 Å². The van der Waals surface area contributed by atoms with Crippen LogP contribution in [-0.4, -0.2) is 18.2 Å². The molecule has 64 valence electrons. The molecular weight excluding hydrogens is 144 g/mol. The molecule has 0 saturated carbocycles. The number of carboxylic acids is 1. The number of hydrogen-bond donors (Lipinski definition) is 1. The standard InChI is InChI=1S/C8H14O3/c1-3-4-5-7(6-11-2)8(9)10/h6H,3-5H2,1-2H3,(H,9,10). The Labute approximate surface area is 66.7 Å². The zero-order chi connectivity index (χ0) is 8.69. The normalized spacial score (nSPS) is 11.3. The molecular formula is C8H14O3. The first kappa shape index (κ1) is 10.0. The van der Waals surface area contributed by atoms with Crippen LogP contribution in [0, 0.1) is 0 Å². The van der Waals surface area contributed by atoms with E-state index in [2.05, 4.69) is 4.74 Å². The van der Waals surface area contributed by atoms with Gasteiger partial charge in [0.25, 0.3) is 0 Å². The number of unbranched alkanes of at least 4 members (excludes halogenated alkanes) is 1. The van der Waals surface area contributed by atoms with Crippen molar-refractivity contribution in [2.24, 2.45) is 0 Å². The van der Waals surface area contributed by atoms with Crippen molar-refractivity contribution in [2.75, 3.05) is 7.11 Å². The molecule has 0 aliphatic heterocycles. The van der Waals surface area contributed by atoms with Crippen LogP contribution in [-0.2, 0) is 9.53 Å². The Kier molecular flexibility index (Phi) is 5.25. The summed E-state index contributed by atoms with van der Waals surface area (Å²) in [4.78, 5) is 10.4. The van der Waals surface area contributed by atoms with Gasteiger partial charge in [0.1, 0.15) is 0 Å². The minimum atomic E-state index is -0.889. The van der Waals surface area contributed by atoms with Crippen LogP contribution in [0.4, 0.5) is 0 Å². The number of carboxylic acid groups (broad SMARTS) is 1. The Morgan fingerprint density at radius 2 is 2.27 bits per heavy atom. The van der Waals surface area contributed by atoms with E-state index in [1.807, 2.05) is 6.92 Å². The molecule has 0 unspecified atom stereocenters. The zero-order valence-corrected chi connectivity index (χ0v) is 6.96. The summed E-state index contributed by atoms with van der Waals surface area (Å²) in [5, 5.41) is 8.58. The minimum absolute atomic E-state index is 0.342. The van der Waals surface area contributed by atoms with E-state index in [1.54, 1.807) is 0 Å². The van der Waals surface area contributed by atoms with Crippen LogP contribution in [0.15, 0.2) is 11.8 Å². The average Bonchev–Trinajstić information content (AvgIpc) is 1.97. The number of rotatable bonds is 5. The topological polar surface area (TPSA) is 46.5 Å². The Hall–Kier alpha value is -0.990. The van der Waals surface area contributed by atoms with Crippen LogP contribution in [0.3, 0.4) is 0 Å². The van der Waals surface area contributed by atoms with Crippen LogP contribution >= 0.6 is 0 Å². The maximum atomic E-state index is 10.4. The lowest BCUT2D eigenvalue weighted by molar-refractivity contribution is -0.133. The second kappa shape index (κ2) is 5.77. The second-order valence-corrected chi connectivity index (χ2v) is 2.29. The monoisotopic (exact) mass is 158 g/mol. The fourth-order valence-electron chi connectivity index (χ4n) is 0.726. The molecule has 0 aromatic heterocycles. The molecule has 0 radical (unpaired) electrons. The molecule has 11 heavy (non-hydrogen) atoms. The third-order valence-corrected chi connectivity index (χ3v) is 1.33. The fourth-order valence-corrected chi connectivity index (χ4v) is 0.726. The van der Waals surface area contributed by atoms with Gasteiger partial charge in [0.2, 0.25) is 0 Å². The summed E-state index contributed by atoms with van der Waals surface area (Å²) in [6.07, 6.45) is 3.76. The molecule has 1 N–H and O–H groups in total. The quantitative estimate of drug-likeness (QED) is 0.490. The molecule has 0 heterocycles. The summed E-state index contributed by atoms with van der Waals surface area (Å²) < 4.78 is 4.62. The lowest BCUT2D eigenvalue weighted by atomic mass is 10.1. The van der Waals surface area contributed by atoms with Crippen molar-refractivity contribution < 1.29 is 14.6 Å². The fraction of sp³-hybridized carbons (Fsp3) is 0.625. The first-order chi connectivity index (χ1) is 5.22. The van der Waals surface area contributed by atoms with E-state index < -0.39 is 5.97 Å². The predicted octanol–water partition coefficient (Wildman–Crippen LogP) is 1.79. The molecule has 0 aliphatic rings. The highest BCUT2D eigenvalue weighted by atomic mass is 16.5. The van der Waals surface area contributed by atoms with Crippen LogP contribution < -0.4 is 0 Å². The predicted molar refractivity (Wildman–Crippen MR) is 42.3 cm³/mol. The Morgan fingerprint density at radius 3 is 2.64 bits per heavy atom. The van der Waals surface area contributed by atoms with E-state index in [4.69, 9.17) is 5.11 Å². The van der Waals surface area contributed by atoms with E-state index in [9.17, 15) is 4.79 Å². The summed E-state index contributed by atoms with van der Waals surface area (Å²) in [7, 11) is 1.45. The summed E-state index contributed by atoms with van der Waals surface area (Å²) in [6.45, 7) is 2.02. The van der Waals surface area contributed by atoms with Crippen molar-refractivity contribution >= 4 is 5.97 Å². The van der Waals surface area contributed by atoms with Gasteiger partial charge >= 0.3 is 5.97 Å². The van der Waals surface area contributed by atoms with Gasteiger partial charge in [-0.05, 0) is 12.8 Å². The molecule has 0 bridgehead atoms. The summed E-state index contributed by atoms with van der Waals surface area (Å²) in [6, 6.07) is 0. The SMILES string of the molecule is CCCCC(=COC)C(=O)O. The number of hydrogen-bond acceptors (Lipinski definition) is 2. The highest BCUT2D eigenvalue weighted by Gasteiger charge is 2.05. The molecule has 3 nitrogen and oxygen atoms in total. The lowest BCUT2D eigenvalue weighted by Crippen LogP contribution is -2.00. The molecule has 0 spiro atoms. The molecule has 0 aromatic carbocycles. The molecule has 3 heteroatoms. The van der Waals surface area contributed by atoms with E-state index >= 15 is 0 Å². The van der Waals surface area contributed by atoms with Gasteiger partial charge in [-0.2, -0.15) is 0 Å². The van der Waals surface area contributed by atoms with Gasteiger partial charge in [-0.3, -0.25) is 0 Å². The van der Waals surface area contributed by atoms with Gasteiger partial charge in [0, 0.05) is 0 Å². The van der Waals surface area contributed by atoms with Crippen molar-refractivity contribution in [3.63, 3.8) is 0 Å². The van der Waals surface area contributed by atoms with Crippen molar-refractivity contribution in [3.05, 3.63) is 11.8 Å². The number of ether oxygens (including phenoxy) is 1. The van der Waals surface area contributed by atoms with Crippen molar-refractivity contribution in [3.8, 4) is 0 Å². The van der Waals surface area contributed by atoms with E-state index in [1.165, 1.54) is 13.4 Å². The van der Waals surface area contributed by atoms with Crippen LogP contribution in [0.1, 0.15) is 26.2 Å². The minimum Gasteiger partial charge on any atom is -0.504 e. The molecule has 0 saturated heterocycles. The average molecular weight is 158 g/mol. The first-order valence-electron chi connectivity index (χ1n) is 3.67. The zero-order valence-electron chi connectivity index (χ0n) is 6.96. The van der Waals surface area contributed by atoms with Gasteiger partial charge in [0.05, 0.1) is 18.9 Å². The maximum Gasteiger partial charge on any atom is 0.334 e. The van der Waals surface area contributed by atoms with Crippen LogP contribution in [0.25, 0.3) is 0 Å². The third-order valence-electron chi connectivity index (χ3n) is 1.33. The number of methoxy groups -OCH3 is 1. The van der Waals surface area contributed by atoms with E-state index in [-0.39, 0.29) is 0 Å². The van der Waals surface area contributed by atoms with E-state index in [0.717, 1.165) is 12.8 Å². The Morgan fingerprint density at radius 1 is 1.64 bits per heavy atom. The van der Waals surface area contributed by atoms with Gasteiger partial charge in [-0.15, -0.1) is 0 Å². The molecule has 0 atom stereocenters. The highest BCUT2D eigenvalue weighted by Crippen LogP contribution is 2.06. The first-order valence-corrected chi connectivity index (χ1v) is 3.67. The summed E-state index contributed by atoms with van der Waals surface area (Å²) >= 11 is 0. The van der Waals surface area contributed by atoms with Gasteiger partial charge in [-0.1, -0.05) is 13.3 Å². The van der Waals surface area contributed by atoms with Crippen molar-refractivity contribution in [1.82, 2.24) is 0 Å². The lowest BCUT2D eigenvalue weighted by Gasteiger charge is -1.99. The van der Waals surface area contributed by atoms with Crippen molar-refractivity contribution in [2.45, 2.75) is 26.2 Å². The molecule has 0 aliphatic carbocycles. The highest BCUT2D eigenvalue weighted by molar-refractivity contribution is 5.86. The molecule has 0 fully saturated rings.